The molecule has 0 aliphatic carbocycles. The molecule has 21 heavy (non-hydrogen) atoms. The Morgan fingerprint density at radius 1 is 1.48 bits per heavy atom. The van der Waals surface area contributed by atoms with E-state index in [1.54, 1.807) is 11.3 Å². The standard InChI is InChI=1S/C14H16ClN3O2S/c1-9(5-11-4-3-10(2)21-11)17-13(19)8-20-14-7-16-6-12(15)18-14/h3-4,6-7,9H,5,8H2,1-2H3,(H,17,19)/t9-/m0/s1. The molecule has 2 aromatic rings. The largest absolute Gasteiger partial charge is 0.466 e. The van der Waals surface area contributed by atoms with Gasteiger partial charge in [-0.05, 0) is 26.0 Å². The molecule has 1 amide bonds. The summed E-state index contributed by atoms with van der Waals surface area (Å²) in [5.41, 5.74) is 0. The molecule has 0 saturated carbocycles. The highest BCUT2D eigenvalue weighted by atomic mass is 35.5. The van der Waals surface area contributed by atoms with Crippen molar-refractivity contribution in [3.8, 4) is 5.88 Å². The summed E-state index contributed by atoms with van der Waals surface area (Å²) >= 11 is 7.42. The van der Waals surface area contributed by atoms with Gasteiger partial charge in [-0.1, -0.05) is 11.6 Å². The third-order valence-corrected chi connectivity index (χ3v) is 3.85. The van der Waals surface area contributed by atoms with Crippen molar-refractivity contribution in [3.05, 3.63) is 39.4 Å². The number of carbonyl (C=O) groups is 1. The van der Waals surface area contributed by atoms with E-state index < -0.39 is 0 Å². The monoisotopic (exact) mass is 325 g/mol. The Labute approximate surface area is 132 Å². The van der Waals surface area contributed by atoms with Gasteiger partial charge in [0.1, 0.15) is 0 Å². The number of carbonyl (C=O) groups excluding carboxylic acids is 1. The molecule has 0 aliphatic heterocycles. The lowest BCUT2D eigenvalue weighted by Gasteiger charge is -2.13. The van der Waals surface area contributed by atoms with E-state index in [9.17, 15) is 4.79 Å². The van der Waals surface area contributed by atoms with Crippen LogP contribution < -0.4 is 10.1 Å². The second-order valence-electron chi connectivity index (χ2n) is 4.65. The molecular formula is C14H16ClN3O2S. The van der Waals surface area contributed by atoms with E-state index in [0.717, 1.165) is 6.42 Å². The normalized spacial score (nSPS) is 12.0. The van der Waals surface area contributed by atoms with Crippen LogP contribution in [0.5, 0.6) is 5.88 Å². The Balaban J connectivity index is 1.76. The first-order chi connectivity index (χ1) is 10.0. The van der Waals surface area contributed by atoms with Gasteiger partial charge in [0.05, 0.1) is 12.4 Å². The highest BCUT2D eigenvalue weighted by Crippen LogP contribution is 2.16. The van der Waals surface area contributed by atoms with E-state index in [2.05, 4.69) is 34.3 Å². The summed E-state index contributed by atoms with van der Waals surface area (Å²) in [5, 5.41) is 3.11. The Bertz CT molecular complexity index is 618. The van der Waals surface area contributed by atoms with Crippen LogP contribution in [0.15, 0.2) is 24.5 Å². The van der Waals surface area contributed by atoms with Crippen molar-refractivity contribution in [2.24, 2.45) is 0 Å². The molecule has 0 fully saturated rings. The third-order valence-electron chi connectivity index (χ3n) is 2.64. The molecule has 0 unspecified atom stereocenters. The zero-order valence-corrected chi connectivity index (χ0v) is 13.4. The molecule has 0 saturated heterocycles. The number of ether oxygens (including phenoxy) is 1. The average molecular weight is 326 g/mol. The van der Waals surface area contributed by atoms with Gasteiger partial charge in [-0.3, -0.25) is 9.78 Å². The lowest BCUT2D eigenvalue weighted by Crippen LogP contribution is -2.37. The zero-order chi connectivity index (χ0) is 15.2. The average Bonchev–Trinajstić information content (AvgIpc) is 2.81. The van der Waals surface area contributed by atoms with Gasteiger partial charge >= 0.3 is 0 Å². The number of nitrogens with one attached hydrogen (secondary N) is 1. The molecule has 0 bridgehead atoms. The summed E-state index contributed by atoms with van der Waals surface area (Å²) in [5.74, 6) is 0.0386. The Kier molecular flexibility index (Phi) is 5.52. The second kappa shape index (κ2) is 7.38. The van der Waals surface area contributed by atoms with E-state index in [0.29, 0.717) is 0 Å². The van der Waals surface area contributed by atoms with E-state index >= 15 is 0 Å². The molecule has 0 aliphatic rings. The molecule has 5 nitrogen and oxygen atoms in total. The first-order valence-electron chi connectivity index (χ1n) is 6.48. The number of hydrogen-bond donors (Lipinski definition) is 1. The number of halogens is 1. The van der Waals surface area contributed by atoms with Gasteiger partial charge in [0.15, 0.2) is 11.8 Å². The van der Waals surface area contributed by atoms with Crippen LogP contribution in [0.2, 0.25) is 5.15 Å². The first-order valence-corrected chi connectivity index (χ1v) is 7.67. The van der Waals surface area contributed by atoms with Crippen molar-refractivity contribution in [1.82, 2.24) is 15.3 Å². The van der Waals surface area contributed by atoms with Crippen molar-refractivity contribution < 1.29 is 9.53 Å². The van der Waals surface area contributed by atoms with Crippen LogP contribution in [0.4, 0.5) is 0 Å². The van der Waals surface area contributed by atoms with Gasteiger partial charge in [-0.15, -0.1) is 11.3 Å². The van der Waals surface area contributed by atoms with Crippen molar-refractivity contribution in [1.29, 1.82) is 0 Å². The molecule has 7 heteroatoms. The molecule has 2 aromatic heterocycles. The summed E-state index contributed by atoms with van der Waals surface area (Å²) in [4.78, 5) is 22.0. The van der Waals surface area contributed by atoms with Crippen LogP contribution in [-0.2, 0) is 11.2 Å². The molecule has 2 heterocycles. The molecule has 0 spiro atoms. The van der Waals surface area contributed by atoms with E-state index in [4.69, 9.17) is 16.3 Å². The molecule has 1 atom stereocenters. The lowest BCUT2D eigenvalue weighted by atomic mass is 10.2. The molecule has 1 N–H and O–H groups in total. The Morgan fingerprint density at radius 3 is 2.95 bits per heavy atom. The smallest absolute Gasteiger partial charge is 0.258 e. The molecule has 0 radical (unpaired) electrons. The molecule has 0 aromatic carbocycles. The fourth-order valence-electron chi connectivity index (χ4n) is 1.80. The minimum Gasteiger partial charge on any atom is -0.466 e. The van der Waals surface area contributed by atoms with Gasteiger partial charge in [-0.25, -0.2) is 0 Å². The van der Waals surface area contributed by atoms with Crippen molar-refractivity contribution in [2.45, 2.75) is 26.3 Å². The highest BCUT2D eigenvalue weighted by molar-refractivity contribution is 7.11. The summed E-state index contributed by atoms with van der Waals surface area (Å²) in [7, 11) is 0. The predicted octanol–water partition coefficient (Wildman–Crippen LogP) is 2.63. The van der Waals surface area contributed by atoms with Crippen LogP contribution in [-0.4, -0.2) is 28.5 Å². The van der Waals surface area contributed by atoms with Crippen LogP contribution in [0, 0.1) is 6.92 Å². The topological polar surface area (TPSA) is 64.1 Å². The highest BCUT2D eigenvalue weighted by Gasteiger charge is 2.10. The quantitative estimate of drug-likeness (QED) is 0.886. The number of aryl methyl sites for hydroxylation is 1. The minimum absolute atomic E-state index is 0.0459. The molecule has 2 rings (SSSR count). The number of thiophene rings is 1. The summed E-state index contributed by atoms with van der Waals surface area (Å²) < 4.78 is 5.24. The van der Waals surface area contributed by atoms with Gasteiger partial charge in [0.25, 0.3) is 5.91 Å². The van der Waals surface area contributed by atoms with Gasteiger partial charge in [0.2, 0.25) is 5.88 Å². The maximum absolute atomic E-state index is 11.8. The van der Waals surface area contributed by atoms with E-state index in [1.165, 1.54) is 22.1 Å². The van der Waals surface area contributed by atoms with Crippen LogP contribution in [0.25, 0.3) is 0 Å². The number of nitrogens with zero attached hydrogens (tertiary/aromatic N) is 2. The predicted molar refractivity (Wildman–Crippen MR) is 82.9 cm³/mol. The second-order valence-corrected chi connectivity index (χ2v) is 6.41. The first kappa shape index (κ1) is 15.7. The summed E-state index contributed by atoms with van der Waals surface area (Å²) in [6.45, 7) is 3.92. The van der Waals surface area contributed by atoms with Crippen LogP contribution in [0.1, 0.15) is 16.7 Å². The number of hydrogen-bond acceptors (Lipinski definition) is 5. The van der Waals surface area contributed by atoms with Crippen LogP contribution in [0.3, 0.4) is 0 Å². The fraction of sp³-hybridized carbons (Fsp3) is 0.357. The maximum atomic E-state index is 11.8. The number of amides is 1. The van der Waals surface area contributed by atoms with Gasteiger partial charge in [-0.2, -0.15) is 4.98 Å². The lowest BCUT2D eigenvalue weighted by molar-refractivity contribution is -0.123. The van der Waals surface area contributed by atoms with Crippen molar-refractivity contribution >= 4 is 28.8 Å². The fourth-order valence-corrected chi connectivity index (χ4v) is 2.96. The number of rotatable bonds is 6. The van der Waals surface area contributed by atoms with Gasteiger partial charge in [0, 0.05) is 22.2 Å². The molecular weight excluding hydrogens is 310 g/mol. The Hall–Kier alpha value is -1.66. The van der Waals surface area contributed by atoms with Crippen molar-refractivity contribution in [3.63, 3.8) is 0 Å². The van der Waals surface area contributed by atoms with Crippen LogP contribution >= 0.6 is 22.9 Å². The zero-order valence-electron chi connectivity index (χ0n) is 11.8. The van der Waals surface area contributed by atoms with Gasteiger partial charge < -0.3 is 10.1 Å². The Morgan fingerprint density at radius 2 is 2.29 bits per heavy atom. The van der Waals surface area contributed by atoms with E-state index in [1.807, 2.05) is 6.92 Å². The summed E-state index contributed by atoms with van der Waals surface area (Å²) in [6.07, 6.45) is 3.62. The SMILES string of the molecule is Cc1ccc(C[C@H](C)NC(=O)COc2cncc(Cl)n2)s1. The summed E-state index contributed by atoms with van der Waals surface area (Å²) in [6, 6.07) is 4.21. The third kappa shape index (κ3) is 5.32. The number of aromatic nitrogens is 2. The van der Waals surface area contributed by atoms with E-state index in [-0.39, 0.29) is 29.6 Å². The molecule has 112 valence electrons. The minimum atomic E-state index is -0.197. The maximum Gasteiger partial charge on any atom is 0.258 e. The van der Waals surface area contributed by atoms with Crippen molar-refractivity contribution in [2.75, 3.05) is 6.61 Å².